The molecule has 0 saturated heterocycles. The predicted molar refractivity (Wildman–Crippen MR) is 77.4 cm³/mol. The van der Waals surface area contributed by atoms with E-state index >= 15 is 0 Å². The molecule has 21 heavy (non-hydrogen) atoms. The average molecular weight is 310 g/mol. The number of benzene rings is 2. The molecule has 0 heterocycles. The van der Waals surface area contributed by atoms with Gasteiger partial charge in [0.15, 0.2) is 0 Å². The number of nitrogens with one attached hydrogen (secondary N) is 1. The number of aliphatic hydroxyl groups is 1. The molecule has 2 aromatic rings. The number of aliphatic hydroxyl groups excluding tert-OH is 1. The number of hydrogen-bond donors (Lipinski definition) is 3. The largest absolute Gasteiger partial charge is 0.399 e. The minimum absolute atomic E-state index is 0.0129. The van der Waals surface area contributed by atoms with Crippen molar-refractivity contribution in [3.05, 3.63) is 59.9 Å². The van der Waals surface area contributed by atoms with Crippen LogP contribution in [0.25, 0.3) is 0 Å². The Morgan fingerprint density at radius 3 is 2.48 bits per heavy atom. The minimum atomic E-state index is -3.94. The molecule has 0 aliphatic carbocycles. The minimum Gasteiger partial charge on any atom is -0.399 e. The second-order valence-electron chi connectivity index (χ2n) is 4.50. The van der Waals surface area contributed by atoms with Crippen molar-refractivity contribution >= 4 is 15.7 Å². The van der Waals surface area contributed by atoms with Gasteiger partial charge >= 0.3 is 0 Å². The van der Waals surface area contributed by atoms with E-state index in [1.807, 2.05) is 0 Å². The van der Waals surface area contributed by atoms with E-state index in [2.05, 4.69) is 4.72 Å². The first-order valence-electron chi connectivity index (χ1n) is 6.17. The van der Waals surface area contributed by atoms with Crippen LogP contribution in [-0.2, 0) is 10.0 Å². The lowest BCUT2D eigenvalue weighted by Crippen LogP contribution is -2.28. The zero-order chi connectivity index (χ0) is 15.5. The van der Waals surface area contributed by atoms with E-state index in [1.54, 1.807) is 30.3 Å². The summed E-state index contributed by atoms with van der Waals surface area (Å²) in [6.45, 7) is -0.219. The first kappa shape index (κ1) is 15.4. The summed E-state index contributed by atoms with van der Waals surface area (Å²) in [7, 11) is -3.94. The van der Waals surface area contributed by atoms with Gasteiger partial charge in [-0.05, 0) is 23.8 Å². The lowest BCUT2D eigenvalue weighted by Gasteiger charge is -2.13. The zero-order valence-corrected chi connectivity index (χ0v) is 11.8. The molecule has 0 aromatic heterocycles. The molecule has 7 heteroatoms. The van der Waals surface area contributed by atoms with Gasteiger partial charge in [-0.15, -0.1) is 0 Å². The third-order valence-corrected chi connectivity index (χ3v) is 4.26. The van der Waals surface area contributed by atoms with E-state index in [9.17, 15) is 17.9 Å². The Bertz CT molecular complexity index is 700. The smallest absolute Gasteiger partial charge is 0.240 e. The molecule has 2 aromatic carbocycles. The molecule has 0 spiro atoms. The van der Waals surface area contributed by atoms with E-state index in [0.717, 1.165) is 18.2 Å². The van der Waals surface area contributed by atoms with Gasteiger partial charge in [0.05, 0.1) is 11.0 Å². The number of rotatable bonds is 5. The topological polar surface area (TPSA) is 92.4 Å². The summed E-state index contributed by atoms with van der Waals surface area (Å²) in [5, 5.41) is 9.91. The normalized spacial score (nSPS) is 13.0. The molecule has 4 N–H and O–H groups in total. The van der Waals surface area contributed by atoms with Crippen LogP contribution in [0.3, 0.4) is 0 Å². The van der Waals surface area contributed by atoms with E-state index in [1.165, 1.54) is 0 Å². The van der Waals surface area contributed by atoms with E-state index < -0.39 is 21.9 Å². The summed E-state index contributed by atoms with van der Waals surface area (Å²) in [5.41, 5.74) is 6.02. The summed E-state index contributed by atoms with van der Waals surface area (Å²) in [5.74, 6) is -0.737. The van der Waals surface area contributed by atoms with Gasteiger partial charge in [0.2, 0.25) is 10.0 Å². The fourth-order valence-corrected chi connectivity index (χ4v) is 2.91. The van der Waals surface area contributed by atoms with Crippen LogP contribution >= 0.6 is 0 Å². The van der Waals surface area contributed by atoms with Crippen molar-refractivity contribution in [2.45, 2.75) is 11.0 Å². The lowest BCUT2D eigenvalue weighted by atomic mass is 10.1. The van der Waals surface area contributed by atoms with E-state index in [4.69, 9.17) is 5.73 Å². The highest BCUT2D eigenvalue weighted by Crippen LogP contribution is 2.17. The van der Waals surface area contributed by atoms with Gasteiger partial charge in [0.1, 0.15) is 5.82 Å². The predicted octanol–water partition coefficient (Wildman–Crippen LogP) is 1.42. The van der Waals surface area contributed by atoms with Gasteiger partial charge < -0.3 is 10.8 Å². The van der Waals surface area contributed by atoms with Crippen LogP contribution < -0.4 is 10.5 Å². The summed E-state index contributed by atoms with van der Waals surface area (Å²) in [6.07, 6.45) is -0.994. The fraction of sp³-hybridized carbons (Fsp3) is 0.143. The molecule has 0 aliphatic rings. The Hall–Kier alpha value is -1.96. The van der Waals surface area contributed by atoms with Crippen molar-refractivity contribution in [3.8, 4) is 0 Å². The van der Waals surface area contributed by atoms with Crippen LogP contribution in [0.4, 0.5) is 10.1 Å². The van der Waals surface area contributed by atoms with Gasteiger partial charge in [-0.2, -0.15) is 0 Å². The van der Waals surface area contributed by atoms with Crippen molar-refractivity contribution < 1.29 is 17.9 Å². The molecule has 1 unspecified atom stereocenters. The lowest BCUT2D eigenvalue weighted by molar-refractivity contribution is 0.182. The monoisotopic (exact) mass is 310 g/mol. The Morgan fingerprint density at radius 1 is 1.19 bits per heavy atom. The Balaban J connectivity index is 2.11. The van der Waals surface area contributed by atoms with Crippen LogP contribution in [0.2, 0.25) is 0 Å². The number of nitrogens with two attached hydrogens (primary N) is 1. The third-order valence-electron chi connectivity index (χ3n) is 2.85. The van der Waals surface area contributed by atoms with E-state index in [0.29, 0.717) is 5.56 Å². The Morgan fingerprint density at radius 2 is 1.86 bits per heavy atom. The van der Waals surface area contributed by atoms with Crippen LogP contribution in [0.1, 0.15) is 11.7 Å². The Labute approximate surface area is 122 Å². The SMILES string of the molecule is Nc1cc(F)cc(S(=O)(=O)NCC(O)c2ccccc2)c1. The van der Waals surface area contributed by atoms with Crippen LogP contribution in [-0.4, -0.2) is 20.1 Å². The number of nitrogen functional groups attached to an aromatic ring is 1. The highest BCUT2D eigenvalue weighted by Gasteiger charge is 2.18. The molecule has 2 rings (SSSR count). The average Bonchev–Trinajstić information content (AvgIpc) is 2.45. The first-order valence-corrected chi connectivity index (χ1v) is 7.65. The van der Waals surface area contributed by atoms with Crippen molar-refractivity contribution in [1.29, 1.82) is 0 Å². The molecular weight excluding hydrogens is 295 g/mol. The van der Waals surface area contributed by atoms with Crippen LogP contribution in [0.5, 0.6) is 0 Å². The quantitative estimate of drug-likeness (QED) is 0.728. The van der Waals surface area contributed by atoms with Crippen molar-refractivity contribution in [2.75, 3.05) is 12.3 Å². The molecule has 0 saturated carbocycles. The molecule has 0 aliphatic heterocycles. The second kappa shape index (κ2) is 6.21. The summed E-state index contributed by atoms with van der Waals surface area (Å²) < 4.78 is 39.5. The van der Waals surface area contributed by atoms with Crippen LogP contribution in [0.15, 0.2) is 53.4 Å². The number of hydrogen-bond acceptors (Lipinski definition) is 4. The molecular formula is C14H15FN2O3S. The molecule has 5 nitrogen and oxygen atoms in total. The van der Waals surface area contributed by atoms with Gasteiger partial charge in [-0.25, -0.2) is 17.5 Å². The highest BCUT2D eigenvalue weighted by atomic mass is 32.2. The Kier molecular flexibility index (Phi) is 4.56. The standard InChI is InChI=1S/C14H15FN2O3S/c15-11-6-12(16)8-13(7-11)21(19,20)17-9-14(18)10-4-2-1-3-5-10/h1-8,14,17-18H,9,16H2. The summed E-state index contributed by atoms with van der Waals surface area (Å²) in [6, 6.07) is 11.7. The molecule has 0 radical (unpaired) electrons. The zero-order valence-electron chi connectivity index (χ0n) is 11.0. The van der Waals surface area contributed by atoms with Crippen molar-refractivity contribution in [1.82, 2.24) is 4.72 Å². The maximum atomic E-state index is 13.2. The van der Waals surface area contributed by atoms with Gasteiger partial charge in [0, 0.05) is 12.2 Å². The maximum absolute atomic E-state index is 13.2. The molecule has 0 amide bonds. The highest BCUT2D eigenvalue weighted by molar-refractivity contribution is 7.89. The van der Waals surface area contributed by atoms with Crippen LogP contribution in [0, 0.1) is 5.82 Å². The molecule has 0 bridgehead atoms. The van der Waals surface area contributed by atoms with Gasteiger partial charge in [-0.3, -0.25) is 0 Å². The maximum Gasteiger partial charge on any atom is 0.240 e. The third kappa shape index (κ3) is 4.01. The van der Waals surface area contributed by atoms with E-state index in [-0.39, 0.29) is 17.1 Å². The van der Waals surface area contributed by atoms with Gasteiger partial charge in [0.25, 0.3) is 0 Å². The second-order valence-corrected chi connectivity index (χ2v) is 6.27. The van der Waals surface area contributed by atoms with Crippen molar-refractivity contribution in [2.24, 2.45) is 0 Å². The fourth-order valence-electron chi connectivity index (χ4n) is 1.80. The van der Waals surface area contributed by atoms with Gasteiger partial charge in [-0.1, -0.05) is 30.3 Å². The molecule has 112 valence electrons. The van der Waals surface area contributed by atoms with Crippen molar-refractivity contribution in [3.63, 3.8) is 0 Å². The first-order chi connectivity index (χ1) is 9.88. The summed E-state index contributed by atoms with van der Waals surface area (Å²) >= 11 is 0. The number of anilines is 1. The molecule has 1 atom stereocenters. The number of halogens is 1. The molecule has 0 fully saturated rings. The summed E-state index contributed by atoms with van der Waals surface area (Å²) in [4.78, 5) is -0.278. The number of sulfonamides is 1.